The zero-order valence-electron chi connectivity index (χ0n) is 22.7. The fraction of sp³-hybridized carbons (Fsp3) is 0.200. The third-order valence-electron chi connectivity index (χ3n) is 6.45. The molecule has 0 saturated carbocycles. The summed E-state index contributed by atoms with van der Waals surface area (Å²) < 4.78 is 0. The summed E-state index contributed by atoms with van der Waals surface area (Å²) >= 11 is 0. The second-order valence-corrected chi connectivity index (χ2v) is 9.96. The first-order chi connectivity index (χ1) is 17.9. The molecule has 0 heterocycles. The van der Waals surface area contributed by atoms with Crippen LogP contribution in [0.15, 0.2) is 84.9 Å². The van der Waals surface area contributed by atoms with Crippen LogP contribution in [0.25, 0.3) is 22.3 Å². The van der Waals surface area contributed by atoms with E-state index >= 15 is 0 Å². The molecule has 2 aliphatic rings. The first-order valence-electron chi connectivity index (χ1n) is 12.5. The van der Waals surface area contributed by atoms with Gasteiger partial charge in [-0.15, -0.1) is 35.4 Å². The van der Waals surface area contributed by atoms with Gasteiger partial charge in [0, 0.05) is 51.4 Å². The number of rotatable bonds is 2. The molecule has 206 valence electrons. The Morgan fingerprint density at radius 2 is 0.897 bits per heavy atom. The molecule has 6 rings (SSSR count). The number of fused-ring (bicyclic) bond motifs is 6. The van der Waals surface area contributed by atoms with Gasteiger partial charge < -0.3 is 12.8 Å². The van der Waals surface area contributed by atoms with Crippen molar-refractivity contribution < 1.29 is 44.8 Å². The summed E-state index contributed by atoms with van der Waals surface area (Å²) in [6.07, 6.45) is 16.3. The van der Waals surface area contributed by atoms with Gasteiger partial charge in [0.15, 0.2) is 0 Å². The van der Waals surface area contributed by atoms with E-state index < -0.39 is 0 Å². The molecular formula is C35H32Au2N2-2. The maximum absolute atomic E-state index is 7.14. The Bertz CT molecular complexity index is 1380. The molecule has 39 heavy (non-hydrogen) atoms. The zero-order chi connectivity index (χ0) is 26.4. The maximum atomic E-state index is 7.14. The smallest absolute Gasteiger partial charge is 0.0495 e. The van der Waals surface area contributed by atoms with E-state index in [1.165, 1.54) is 44.5 Å². The minimum Gasteiger partial charge on any atom is -0.366 e. The Hall–Kier alpha value is -2.60. The van der Waals surface area contributed by atoms with Crippen LogP contribution in [0.4, 0.5) is 0 Å². The Balaban J connectivity index is 0.000000214. The van der Waals surface area contributed by atoms with Gasteiger partial charge in [0.1, 0.15) is 0 Å². The zero-order valence-corrected chi connectivity index (χ0v) is 27.0. The van der Waals surface area contributed by atoms with Gasteiger partial charge in [-0.05, 0) is 85.5 Å². The molecule has 2 radical (unpaired) electrons. The first-order valence-corrected chi connectivity index (χ1v) is 12.5. The monoisotopic (exact) mass is 874 g/mol. The van der Waals surface area contributed by atoms with Crippen molar-refractivity contribution in [3.8, 4) is 34.1 Å². The van der Waals surface area contributed by atoms with Crippen LogP contribution < -0.4 is 0 Å². The molecule has 0 unspecified atom stereocenters. The maximum Gasteiger partial charge on any atom is 0.0495 e. The summed E-state index contributed by atoms with van der Waals surface area (Å²) in [5.74, 6) is 4.87. The molecule has 2 nitrogen and oxygen atoms in total. The average molecular weight is 875 g/mol. The van der Waals surface area contributed by atoms with Crippen LogP contribution in [0, 0.1) is 24.7 Å². The van der Waals surface area contributed by atoms with Crippen molar-refractivity contribution in [2.75, 3.05) is 34.9 Å². The van der Waals surface area contributed by atoms with Crippen molar-refractivity contribution in [3.63, 3.8) is 0 Å². The SMILES string of the molecule is CN(C)CN(C)C.[Au].[Au].[C-]#Cc1ccc2c(c1)-c1ccccc1C2.[C-]#Cc1ccc2c(c1)-c1ccccc1C2. The molecule has 0 aromatic heterocycles. The van der Waals surface area contributed by atoms with E-state index in [-0.39, 0.29) is 44.8 Å². The quantitative estimate of drug-likeness (QED) is 0.0855. The Morgan fingerprint density at radius 1 is 0.538 bits per heavy atom. The van der Waals surface area contributed by atoms with Crippen molar-refractivity contribution >= 4 is 0 Å². The second kappa shape index (κ2) is 15.3. The molecule has 0 fully saturated rings. The van der Waals surface area contributed by atoms with E-state index in [9.17, 15) is 0 Å². The van der Waals surface area contributed by atoms with E-state index in [0.717, 1.165) is 30.6 Å². The van der Waals surface area contributed by atoms with Gasteiger partial charge in [0.2, 0.25) is 0 Å². The van der Waals surface area contributed by atoms with Crippen molar-refractivity contribution in [1.82, 2.24) is 9.80 Å². The molecule has 0 amide bonds. The summed E-state index contributed by atoms with van der Waals surface area (Å²) in [4.78, 5) is 4.25. The summed E-state index contributed by atoms with van der Waals surface area (Å²) in [5.41, 5.74) is 12.3. The minimum absolute atomic E-state index is 0. The van der Waals surface area contributed by atoms with Crippen LogP contribution in [0.5, 0.6) is 0 Å². The molecule has 0 N–H and O–H groups in total. The third-order valence-corrected chi connectivity index (χ3v) is 6.45. The van der Waals surface area contributed by atoms with Gasteiger partial charge >= 0.3 is 0 Å². The normalized spacial score (nSPS) is 11.0. The van der Waals surface area contributed by atoms with E-state index in [1.807, 2.05) is 24.3 Å². The van der Waals surface area contributed by atoms with Crippen molar-refractivity contribution in [2.45, 2.75) is 12.8 Å². The van der Waals surface area contributed by atoms with Crippen LogP contribution in [-0.2, 0) is 57.6 Å². The van der Waals surface area contributed by atoms with Crippen molar-refractivity contribution in [3.05, 3.63) is 131 Å². The molecule has 0 atom stereocenters. The summed E-state index contributed by atoms with van der Waals surface area (Å²) in [6, 6.07) is 29.1. The fourth-order valence-corrected chi connectivity index (χ4v) is 4.97. The number of nitrogens with zero attached hydrogens (tertiary/aromatic N) is 2. The summed E-state index contributed by atoms with van der Waals surface area (Å²) in [6.45, 7) is 1.03. The first kappa shape index (κ1) is 32.6. The Kier molecular flexibility index (Phi) is 12.8. The molecule has 0 spiro atoms. The molecule has 4 heteroatoms. The average Bonchev–Trinajstić information content (AvgIpc) is 3.46. The van der Waals surface area contributed by atoms with Crippen LogP contribution in [0.1, 0.15) is 33.4 Å². The molecule has 0 saturated heterocycles. The molecule has 2 aliphatic carbocycles. The molecular weight excluding hydrogens is 842 g/mol. The van der Waals surface area contributed by atoms with Crippen molar-refractivity contribution in [1.29, 1.82) is 0 Å². The van der Waals surface area contributed by atoms with Gasteiger partial charge in [-0.2, -0.15) is 0 Å². The molecule has 4 aromatic rings. The molecule has 4 aromatic carbocycles. The van der Waals surface area contributed by atoms with Gasteiger partial charge in [0.25, 0.3) is 0 Å². The van der Waals surface area contributed by atoms with E-state index in [2.05, 4.69) is 110 Å². The predicted octanol–water partition coefficient (Wildman–Crippen LogP) is 6.45. The van der Waals surface area contributed by atoms with Crippen LogP contribution in [-0.4, -0.2) is 44.7 Å². The third kappa shape index (κ3) is 8.20. The predicted molar refractivity (Wildman–Crippen MR) is 154 cm³/mol. The summed E-state index contributed by atoms with van der Waals surface area (Å²) in [7, 11) is 8.22. The number of benzene rings is 4. The van der Waals surface area contributed by atoms with Crippen LogP contribution in [0.3, 0.4) is 0 Å². The topological polar surface area (TPSA) is 6.48 Å². The van der Waals surface area contributed by atoms with E-state index in [0.29, 0.717) is 0 Å². The number of hydrogen-bond donors (Lipinski definition) is 0. The summed E-state index contributed by atoms with van der Waals surface area (Å²) in [5, 5.41) is 0. The van der Waals surface area contributed by atoms with E-state index in [1.54, 1.807) is 0 Å². The van der Waals surface area contributed by atoms with Crippen molar-refractivity contribution in [2.24, 2.45) is 0 Å². The van der Waals surface area contributed by atoms with Gasteiger partial charge in [-0.3, -0.25) is 21.6 Å². The van der Waals surface area contributed by atoms with Gasteiger partial charge in [-0.25, -0.2) is 0 Å². The van der Waals surface area contributed by atoms with Gasteiger partial charge in [0.05, 0.1) is 0 Å². The molecule has 0 aliphatic heterocycles. The van der Waals surface area contributed by atoms with Gasteiger partial charge in [-0.1, -0.05) is 60.7 Å². The second-order valence-electron chi connectivity index (χ2n) is 9.96. The Labute approximate surface area is 265 Å². The standard InChI is InChI=1S/2C15H9.C5H14N2.2Au/c2*1-2-11-7-8-13-10-12-5-3-4-6-14(12)15(13)9-11;1-6(2)5-7(3)4;;/h2*3-9H,10H2;5H2,1-4H3;;/q2*-1;;;. The number of hydrogen-bond acceptors (Lipinski definition) is 2. The van der Waals surface area contributed by atoms with E-state index in [4.69, 9.17) is 12.8 Å². The largest absolute Gasteiger partial charge is 0.366 e. The molecule has 0 bridgehead atoms. The van der Waals surface area contributed by atoms with Crippen LogP contribution in [0.2, 0.25) is 0 Å². The fourth-order valence-electron chi connectivity index (χ4n) is 4.97. The van der Waals surface area contributed by atoms with Crippen LogP contribution >= 0.6 is 0 Å². The Morgan fingerprint density at radius 3 is 1.23 bits per heavy atom. The minimum atomic E-state index is 0.